The van der Waals surface area contributed by atoms with Gasteiger partial charge in [0.25, 0.3) is 0 Å². The minimum absolute atomic E-state index is 0.321. The highest BCUT2D eigenvalue weighted by Crippen LogP contribution is 2.31. The van der Waals surface area contributed by atoms with Crippen LogP contribution in [0.15, 0.2) is 42.5 Å². The third-order valence-corrected chi connectivity index (χ3v) is 5.19. The van der Waals surface area contributed by atoms with Gasteiger partial charge in [-0.3, -0.25) is 4.90 Å². The van der Waals surface area contributed by atoms with E-state index in [1.165, 1.54) is 35.6 Å². The number of rotatable bonds is 3. The van der Waals surface area contributed by atoms with Crippen LogP contribution in [-0.4, -0.2) is 24.0 Å². The van der Waals surface area contributed by atoms with Gasteiger partial charge < -0.3 is 5.73 Å². The highest BCUT2D eigenvalue weighted by atomic mass is 15.2. The van der Waals surface area contributed by atoms with Gasteiger partial charge in [0.2, 0.25) is 0 Å². The molecule has 0 radical (unpaired) electrons. The summed E-state index contributed by atoms with van der Waals surface area (Å²) in [6.07, 6.45) is 4.99. The molecular formula is C19H26N2. The average molecular weight is 282 g/mol. The molecule has 0 heterocycles. The average Bonchev–Trinajstić information content (AvgIpc) is 2.53. The number of likely N-dealkylation sites (N-methyl/N-ethyl adjacent to an activating group) is 1. The van der Waals surface area contributed by atoms with Gasteiger partial charge >= 0.3 is 0 Å². The van der Waals surface area contributed by atoms with Gasteiger partial charge in [-0.05, 0) is 43.1 Å². The van der Waals surface area contributed by atoms with Gasteiger partial charge in [-0.15, -0.1) is 0 Å². The van der Waals surface area contributed by atoms with E-state index in [0.29, 0.717) is 18.1 Å². The third kappa shape index (κ3) is 2.83. The van der Waals surface area contributed by atoms with Gasteiger partial charge in [0.05, 0.1) is 0 Å². The summed E-state index contributed by atoms with van der Waals surface area (Å²) in [7, 11) is 2.24. The molecule has 1 saturated carbocycles. The normalized spacial score (nSPS) is 24.4. The Morgan fingerprint density at radius 1 is 1.05 bits per heavy atom. The third-order valence-electron chi connectivity index (χ3n) is 5.19. The van der Waals surface area contributed by atoms with Gasteiger partial charge in [0.15, 0.2) is 0 Å². The first kappa shape index (κ1) is 14.6. The van der Waals surface area contributed by atoms with Crippen molar-refractivity contribution in [3.8, 4) is 0 Å². The number of nitrogens with zero attached hydrogens (tertiary/aromatic N) is 1. The van der Waals surface area contributed by atoms with Crippen LogP contribution in [0.2, 0.25) is 0 Å². The van der Waals surface area contributed by atoms with Crippen molar-refractivity contribution < 1.29 is 0 Å². The first-order valence-electron chi connectivity index (χ1n) is 8.13. The molecule has 2 aromatic rings. The highest BCUT2D eigenvalue weighted by molar-refractivity contribution is 5.86. The standard InChI is InChI=1S/C19H26N2/c1-14(21(2)19-13-6-5-12-18(19)20)16-11-7-9-15-8-3-4-10-17(15)16/h3-4,7-11,14,18-19H,5-6,12-13,20H2,1-2H3/t14-,18+,19+/m1/s1. The van der Waals surface area contributed by atoms with E-state index in [0.717, 1.165) is 6.42 Å². The predicted molar refractivity (Wildman–Crippen MR) is 90.4 cm³/mol. The number of nitrogens with two attached hydrogens (primary N) is 1. The minimum atomic E-state index is 0.321. The predicted octanol–water partition coefficient (Wildman–Crippen LogP) is 4.10. The van der Waals surface area contributed by atoms with E-state index in [4.69, 9.17) is 5.73 Å². The quantitative estimate of drug-likeness (QED) is 0.918. The van der Waals surface area contributed by atoms with Crippen LogP contribution < -0.4 is 5.73 Å². The van der Waals surface area contributed by atoms with Crippen LogP contribution in [0.4, 0.5) is 0 Å². The van der Waals surface area contributed by atoms with Crippen molar-refractivity contribution in [2.45, 2.75) is 50.7 Å². The van der Waals surface area contributed by atoms with Gasteiger partial charge in [0, 0.05) is 18.1 Å². The van der Waals surface area contributed by atoms with Crippen LogP contribution in [0.3, 0.4) is 0 Å². The molecule has 112 valence electrons. The van der Waals surface area contributed by atoms with Crippen molar-refractivity contribution >= 4 is 10.8 Å². The number of hydrogen-bond acceptors (Lipinski definition) is 2. The molecular weight excluding hydrogens is 256 g/mol. The lowest BCUT2D eigenvalue weighted by atomic mass is 9.88. The van der Waals surface area contributed by atoms with Crippen molar-refractivity contribution in [3.63, 3.8) is 0 Å². The van der Waals surface area contributed by atoms with E-state index in [9.17, 15) is 0 Å². The van der Waals surface area contributed by atoms with Crippen LogP contribution in [0.25, 0.3) is 10.8 Å². The fraction of sp³-hybridized carbons (Fsp3) is 0.474. The summed E-state index contributed by atoms with van der Waals surface area (Å²) >= 11 is 0. The Labute approximate surface area is 127 Å². The number of benzene rings is 2. The first-order valence-corrected chi connectivity index (χ1v) is 8.13. The van der Waals surface area contributed by atoms with Crippen molar-refractivity contribution in [2.75, 3.05) is 7.05 Å². The maximum atomic E-state index is 6.37. The Morgan fingerprint density at radius 3 is 2.57 bits per heavy atom. The largest absolute Gasteiger partial charge is 0.326 e. The van der Waals surface area contributed by atoms with Crippen LogP contribution >= 0.6 is 0 Å². The molecule has 0 spiro atoms. The minimum Gasteiger partial charge on any atom is -0.326 e. The Morgan fingerprint density at radius 2 is 1.76 bits per heavy atom. The fourth-order valence-corrected chi connectivity index (χ4v) is 3.77. The fourth-order valence-electron chi connectivity index (χ4n) is 3.77. The van der Waals surface area contributed by atoms with Crippen LogP contribution in [0.5, 0.6) is 0 Å². The van der Waals surface area contributed by atoms with Crippen molar-refractivity contribution in [1.82, 2.24) is 4.90 Å². The number of fused-ring (bicyclic) bond motifs is 1. The summed E-state index contributed by atoms with van der Waals surface area (Å²) in [6.45, 7) is 2.31. The van der Waals surface area contributed by atoms with Crippen molar-refractivity contribution in [2.24, 2.45) is 5.73 Å². The molecule has 2 N–H and O–H groups in total. The smallest absolute Gasteiger partial charge is 0.0326 e. The van der Waals surface area contributed by atoms with E-state index < -0.39 is 0 Å². The lowest BCUT2D eigenvalue weighted by molar-refractivity contribution is 0.129. The second-order valence-corrected chi connectivity index (χ2v) is 6.43. The maximum Gasteiger partial charge on any atom is 0.0326 e. The zero-order valence-electron chi connectivity index (χ0n) is 13.1. The Balaban J connectivity index is 1.91. The molecule has 1 aliphatic rings. The highest BCUT2D eigenvalue weighted by Gasteiger charge is 2.28. The molecule has 0 amide bonds. The van der Waals surface area contributed by atoms with E-state index in [1.807, 2.05) is 0 Å². The van der Waals surface area contributed by atoms with Gasteiger partial charge in [-0.1, -0.05) is 55.3 Å². The van der Waals surface area contributed by atoms with E-state index in [-0.39, 0.29) is 0 Å². The van der Waals surface area contributed by atoms with Crippen molar-refractivity contribution in [1.29, 1.82) is 0 Å². The van der Waals surface area contributed by atoms with Crippen LogP contribution in [-0.2, 0) is 0 Å². The second kappa shape index (κ2) is 6.17. The molecule has 2 aromatic carbocycles. The summed E-state index contributed by atoms with van der Waals surface area (Å²) in [5.41, 5.74) is 7.78. The Kier molecular flexibility index (Phi) is 4.27. The van der Waals surface area contributed by atoms with Gasteiger partial charge in [-0.25, -0.2) is 0 Å². The molecule has 3 rings (SSSR count). The molecule has 1 aliphatic carbocycles. The molecule has 2 heteroatoms. The molecule has 0 aliphatic heterocycles. The van der Waals surface area contributed by atoms with Crippen molar-refractivity contribution in [3.05, 3.63) is 48.0 Å². The zero-order valence-corrected chi connectivity index (χ0v) is 13.1. The molecule has 1 fully saturated rings. The van der Waals surface area contributed by atoms with E-state index in [1.54, 1.807) is 0 Å². The molecule has 21 heavy (non-hydrogen) atoms. The summed E-state index contributed by atoms with van der Waals surface area (Å²) in [6, 6.07) is 16.5. The lowest BCUT2D eigenvalue weighted by Crippen LogP contribution is -2.48. The molecule has 0 aromatic heterocycles. The maximum absolute atomic E-state index is 6.37. The van der Waals surface area contributed by atoms with Gasteiger partial charge in [0.1, 0.15) is 0 Å². The lowest BCUT2D eigenvalue weighted by Gasteiger charge is -2.39. The number of hydrogen-bond donors (Lipinski definition) is 1. The first-order chi connectivity index (χ1) is 10.2. The monoisotopic (exact) mass is 282 g/mol. The molecule has 3 atom stereocenters. The Hall–Kier alpha value is -1.38. The zero-order chi connectivity index (χ0) is 14.8. The van der Waals surface area contributed by atoms with Crippen LogP contribution in [0, 0.1) is 0 Å². The summed E-state index contributed by atoms with van der Waals surface area (Å²) in [4.78, 5) is 2.49. The van der Waals surface area contributed by atoms with Gasteiger partial charge in [-0.2, -0.15) is 0 Å². The van der Waals surface area contributed by atoms with E-state index >= 15 is 0 Å². The summed E-state index contributed by atoms with van der Waals surface area (Å²) in [5.74, 6) is 0. The molecule has 0 unspecified atom stereocenters. The topological polar surface area (TPSA) is 29.3 Å². The van der Waals surface area contributed by atoms with E-state index in [2.05, 4.69) is 61.3 Å². The molecule has 0 saturated heterocycles. The SMILES string of the molecule is C[C@H](c1cccc2ccccc12)N(C)[C@H]1CCCC[C@@H]1N. The van der Waals surface area contributed by atoms with Crippen LogP contribution in [0.1, 0.15) is 44.2 Å². The molecule has 2 nitrogen and oxygen atoms in total. The molecule has 0 bridgehead atoms. The summed E-state index contributed by atoms with van der Waals surface area (Å²) in [5, 5.41) is 2.69. The Bertz CT molecular complexity index is 602. The second-order valence-electron chi connectivity index (χ2n) is 6.43. The summed E-state index contributed by atoms with van der Waals surface area (Å²) < 4.78 is 0.